The highest BCUT2D eigenvalue weighted by molar-refractivity contribution is 5.83. The maximum absolute atomic E-state index is 11.2. The van der Waals surface area contributed by atoms with E-state index in [1.165, 1.54) is 6.20 Å². The van der Waals surface area contributed by atoms with Crippen LogP contribution in [0.1, 0.15) is 5.69 Å². The molecule has 88 valence electrons. The number of nitrogens with one attached hydrogen (secondary N) is 1. The summed E-state index contributed by atoms with van der Waals surface area (Å²) in [5.41, 5.74) is 3.38. The number of fused-ring (bicyclic) bond motifs is 1. The van der Waals surface area contributed by atoms with Gasteiger partial charge in [0.2, 0.25) is 0 Å². The van der Waals surface area contributed by atoms with Crippen LogP contribution >= 0.6 is 0 Å². The topological polar surface area (TPSA) is 58.6 Å². The number of aryl methyl sites for hydroxylation is 1. The molecule has 0 amide bonds. The summed E-state index contributed by atoms with van der Waals surface area (Å²) in [4.78, 5) is 22.3. The molecule has 3 aromatic rings. The van der Waals surface area contributed by atoms with Crippen LogP contribution < -0.4 is 5.56 Å². The Kier molecular flexibility index (Phi) is 2.41. The Hall–Kier alpha value is -2.49. The standard InChI is InChI=1S/C14H11N3O/c1-9-2-3-10-6-11(4-5-12(10)16-9)13-7-15-8-14(18)17-13/h2-8H,1H3,(H,17,18). The lowest BCUT2D eigenvalue weighted by Crippen LogP contribution is -2.05. The summed E-state index contributed by atoms with van der Waals surface area (Å²) in [6, 6.07) is 9.87. The predicted molar refractivity (Wildman–Crippen MR) is 70.3 cm³/mol. The van der Waals surface area contributed by atoms with Gasteiger partial charge in [0.15, 0.2) is 0 Å². The maximum Gasteiger partial charge on any atom is 0.266 e. The normalized spacial score (nSPS) is 10.7. The first-order chi connectivity index (χ1) is 8.72. The van der Waals surface area contributed by atoms with Gasteiger partial charge < -0.3 is 4.98 Å². The van der Waals surface area contributed by atoms with Gasteiger partial charge in [-0.05, 0) is 25.1 Å². The summed E-state index contributed by atoms with van der Waals surface area (Å²) in [6.45, 7) is 1.96. The van der Waals surface area contributed by atoms with Crippen molar-refractivity contribution in [2.24, 2.45) is 0 Å². The summed E-state index contributed by atoms with van der Waals surface area (Å²) >= 11 is 0. The molecule has 0 saturated carbocycles. The van der Waals surface area contributed by atoms with Crippen molar-refractivity contribution >= 4 is 10.9 Å². The van der Waals surface area contributed by atoms with Crippen LogP contribution in [-0.2, 0) is 0 Å². The molecule has 3 rings (SSSR count). The fourth-order valence-corrected chi connectivity index (χ4v) is 1.92. The average Bonchev–Trinajstić information content (AvgIpc) is 2.38. The number of pyridine rings is 1. The minimum absolute atomic E-state index is 0.199. The van der Waals surface area contributed by atoms with Crippen LogP contribution in [0.15, 0.2) is 47.5 Å². The second kappa shape index (κ2) is 4.07. The number of benzene rings is 1. The van der Waals surface area contributed by atoms with Crippen LogP contribution in [0.5, 0.6) is 0 Å². The molecule has 0 aliphatic carbocycles. The molecule has 1 aromatic carbocycles. The Morgan fingerprint density at radius 2 is 2.00 bits per heavy atom. The third-order valence-electron chi connectivity index (χ3n) is 2.79. The first kappa shape index (κ1) is 10.7. The van der Waals surface area contributed by atoms with Crippen molar-refractivity contribution < 1.29 is 0 Å². The molecule has 0 fully saturated rings. The second-order valence-electron chi connectivity index (χ2n) is 4.17. The minimum atomic E-state index is -0.199. The van der Waals surface area contributed by atoms with E-state index in [1.54, 1.807) is 6.20 Å². The zero-order valence-electron chi connectivity index (χ0n) is 9.84. The largest absolute Gasteiger partial charge is 0.319 e. The zero-order valence-corrected chi connectivity index (χ0v) is 9.84. The summed E-state index contributed by atoms with van der Waals surface area (Å²) in [7, 11) is 0. The fraction of sp³-hybridized carbons (Fsp3) is 0.0714. The molecule has 4 heteroatoms. The molecule has 0 spiro atoms. The highest BCUT2D eigenvalue weighted by atomic mass is 16.1. The molecule has 0 saturated heterocycles. The molecule has 0 aliphatic heterocycles. The molecule has 2 heterocycles. The van der Waals surface area contributed by atoms with Crippen LogP contribution in [-0.4, -0.2) is 15.0 Å². The SMILES string of the molecule is Cc1ccc2cc(-c3cncc(=O)[nH]3)ccc2n1. The third-order valence-corrected chi connectivity index (χ3v) is 2.79. The third kappa shape index (κ3) is 1.88. The van der Waals surface area contributed by atoms with E-state index in [2.05, 4.69) is 15.0 Å². The van der Waals surface area contributed by atoms with Crippen molar-refractivity contribution in [2.75, 3.05) is 0 Å². The molecular formula is C14H11N3O. The Morgan fingerprint density at radius 1 is 1.11 bits per heavy atom. The number of hydrogen-bond acceptors (Lipinski definition) is 3. The van der Waals surface area contributed by atoms with Gasteiger partial charge in [-0.2, -0.15) is 0 Å². The average molecular weight is 237 g/mol. The van der Waals surface area contributed by atoms with E-state index >= 15 is 0 Å². The van der Waals surface area contributed by atoms with Crippen LogP contribution in [0.3, 0.4) is 0 Å². The van der Waals surface area contributed by atoms with Gasteiger partial charge >= 0.3 is 0 Å². The summed E-state index contributed by atoms with van der Waals surface area (Å²) in [6.07, 6.45) is 2.90. The van der Waals surface area contributed by atoms with Crippen LogP contribution in [0, 0.1) is 6.92 Å². The van der Waals surface area contributed by atoms with Crippen LogP contribution in [0.4, 0.5) is 0 Å². The molecule has 18 heavy (non-hydrogen) atoms. The highest BCUT2D eigenvalue weighted by Gasteiger charge is 2.02. The van der Waals surface area contributed by atoms with Gasteiger partial charge in [-0.1, -0.05) is 12.1 Å². The van der Waals surface area contributed by atoms with Gasteiger partial charge in [-0.15, -0.1) is 0 Å². The number of aromatic nitrogens is 3. The van der Waals surface area contributed by atoms with Gasteiger partial charge in [-0.25, -0.2) is 0 Å². The Balaban J connectivity index is 2.19. The van der Waals surface area contributed by atoms with Gasteiger partial charge in [0.25, 0.3) is 5.56 Å². The smallest absolute Gasteiger partial charge is 0.266 e. The van der Waals surface area contributed by atoms with Crippen LogP contribution in [0.25, 0.3) is 22.2 Å². The second-order valence-corrected chi connectivity index (χ2v) is 4.17. The molecule has 0 radical (unpaired) electrons. The van der Waals surface area contributed by atoms with E-state index < -0.39 is 0 Å². The summed E-state index contributed by atoms with van der Waals surface area (Å²) in [5, 5.41) is 1.04. The fourth-order valence-electron chi connectivity index (χ4n) is 1.92. The van der Waals surface area contributed by atoms with E-state index in [1.807, 2.05) is 37.3 Å². The quantitative estimate of drug-likeness (QED) is 0.706. The number of hydrogen-bond donors (Lipinski definition) is 1. The van der Waals surface area contributed by atoms with Gasteiger partial charge in [0, 0.05) is 16.6 Å². The first-order valence-corrected chi connectivity index (χ1v) is 5.64. The van der Waals surface area contributed by atoms with Crippen molar-refractivity contribution in [2.45, 2.75) is 6.92 Å². The lowest BCUT2D eigenvalue weighted by molar-refractivity contribution is 1.14. The Bertz CT molecular complexity index is 777. The van der Waals surface area contributed by atoms with Crippen molar-refractivity contribution in [1.29, 1.82) is 0 Å². The van der Waals surface area contributed by atoms with Gasteiger partial charge in [-0.3, -0.25) is 14.8 Å². The number of rotatable bonds is 1. The highest BCUT2D eigenvalue weighted by Crippen LogP contribution is 2.21. The van der Waals surface area contributed by atoms with E-state index in [0.29, 0.717) is 5.69 Å². The molecular weight excluding hydrogens is 226 g/mol. The number of H-pyrrole nitrogens is 1. The molecule has 1 N–H and O–H groups in total. The van der Waals surface area contributed by atoms with Crippen molar-refractivity contribution in [3.8, 4) is 11.3 Å². The van der Waals surface area contributed by atoms with Gasteiger partial charge in [0.05, 0.1) is 23.6 Å². The molecule has 4 nitrogen and oxygen atoms in total. The molecule has 2 aromatic heterocycles. The van der Waals surface area contributed by atoms with Crippen molar-refractivity contribution in [3.05, 3.63) is 58.8 Å². The first-order valence-electron chi connectivity index (χ1n) is 5.64. The predicted octanol–water partition coefficient (Wildman–Crippen LogP) is 2.29. The summed E-state index contributed by atoms with van der Waals surface area (Å²) in [5.74, 6) is 0. The monoisotopic (exact) mass is 237 g/mol. The van der Waals surface area contributed by atoms with Crippen LogP contribution in [0.2, 0.25) is 0 Å². The number of aromatic amines is 1. The van der Waals surface area contributed by atoms with E-state index in [4.69, 9.17) is 0 Å². The van der Waals surface area contributed by atoms with E-state index in [-0.39, 0.29) is 5.56 Å². The lowest BCUT2D eigenvalue weighted by Gasteiger charge is -2.03. The molecule has 0 bridgehead atoms. The van der Waals surface area contributed by atoms with Crippen molar-refractivity contribution in [3.63, 3.8) is 0 Å². The molecule has 0 aliphatic rings. The lowest BCUT2D eigenvalue weighted by atomic mass is 10.1. The van der Waals surface area contributed by atoms with Crippen molar-refractivity contribution in [1.82, 2.24) is 15.0 Å². The minimum Gasteiger partial charge on any atom is -0.319 e. The Labute approximate surface area is 103 Å². The van der Waals surface area contributed by atoms with Gasteiger partial charge in [0.1, 0.15) is 0 Å². The zero-order chi connectivity index (χ0) is 12.5. The van der Waals surface area contributed by atoms with E-state index in [0.717, 1.165) is 22.2 Å². The molecule has 0 atom stereocenters. The van der Waals surface area contributed by atoms with E-state index in [9.17, 15) is 4.79 Å². The summed E-state index contributed by atoms with van der Waals surface area (Å²) < 4.78 is 0. The maximum atomic E-state index is 11.2. The number of nitrogens with zero attached hydrogens (tertiary/aromatic N) is 2. The Morgan fingerprint density at radius 3 is 2.83 bits per heavy atom. The molecule has 0 unspecified atom stereocenters.